The summed E-state index contributed by atoms with van der Waals surface area (Å²) in [5, 5.41) is 0. The Bertz CT molecular complexity index is 228. The molecule has 2 unspecified atom stereocenters. The van der Waals surface area contributed by atoms with Gasteiger partial charge >= 0.3 is 5.97 Å². The summed E-state index contributed by atoms with van der Waals surface area (Å²) >= 11 is 0. The molecule has 0 aromatic carbocycles. The van der Waals surface area contributed by atoms with Crippen LogP contribution in [-0.2, 0) is 14.3 Å². The molecule has 0 amide bonds. The second-order valence-electron chi connectivity index (χ2n) is 4.39. The quantitative estimate of drug-likeness (QED) is 0.371. The highest BCUT2D eigenvalue weighted by molar-refractivity contribution is 6.39. The summed E-state index contributed by atoms with van der Waals surface area (Å²) < 4.78 is 10.5. The minimum absolute atomic E-state index is 0.124. The first kappa shape index (κ1) is 15.4. The lowest BCUT2D eigenvalue weighted by atomic mass is 10.3. The zero-order chi connectivity index (χ0) is 12.6. The van der Waals surface area contributed by atoms with Gasteiger partial charge in [0.25, 0.3) is 0 Å². The molecule has 16 heavy (non-hydrogen) atoms. The van der Waals surface area contributed by atoms with E-state index in [0.717, 1.165) is 19.4 Å². The van der Waals surface area contributed by atoms with Gasteiger partial charge in [0.05, 0.1) is 15.2 Å². The van der Waals surface area contributed by atoms with Crippen LogP contribution in [0.2, 0.25) is 5.54 Å². The molecular weight excluding hydrogens is 220 g/mol. The summed E-state index contributed by atoms with van der Waals surface area (Å²) in [7, 11) is 1.25. The van der Waals surface area contributed by atoms with E-state index in [-0.39, 0.29) is 11.7 Å². The van der Waals surface area contributed by atoms with Gasteiger partial charge in [0.2, 0.25) is 0 Å². The topological polar surface area (TPSA) is 35.5 Å². The fourth-order valence-electron chi connectivity index (χ4n) is 1.60. The Morgan fingerprint density at radius 3 is 2.56 bits per heavy atom. The molecule has 0 aliphatic rings. The third-order valence-corrected chi connectivity index (χ3v) is 4.49. The van der Waals surface area contributed by atoms with Crippen molar-refractivity contribution in [1.82, 2.24) is 0 Å². The molecule has 0 saturated heterocycles. The Labute approximate surface area is 101 Å². The monoisotopic (exact) mass is 244 g/mol. The summed E-state index contributed by atoms with van der Waals surface area (Å²) in [6.45, 7) is 10.3. The van der Waals surface area contributed by atoms with Gasteiger partial charge in [-0.2, -0.15) is 0 Å². The van der Waals surface area contributed by atoms with E-state index in [2.05, 4.69) is 20.4 Å². The van der Waals surface area contributed by atoms with Crippen LogP contribution in [-0.4, -0.2) is 34.9 Å². The molecule has 0 aromatic heterocycles. The summed E-state index contributed by atoms with van der Waals surface area (Å²) in [6.07, 6.45) is 2.00. The number of carbonyl (C=O) groups excluding carboxylic acids is 1. The molecule has 0 radical (unpaired) electrons. The first-order valence-corrected chi connectivity index (χ1v) is 7.49. The van der Waals surface area contributed by atoms with Crippen LogP contribution in [0.15, 0.2) is 12.2 Å². The molecule has 0 rings (SSSR count). The highest BCUT2D eigenvalue weighted by atomic mass is 28.2. The van der Waals surface area contributed by atoms with E-state index in [0.29, 0.717) is 11.1 Å². The maximum Gasteiger partial charge on any atom is 0.333 e. The first-order chi connectivity index (χ1) is 7.51. The molecule has 0 aliphatic heterocycles. The predicted molar refractivity (Wildman–Crippen MR) is 69.4 cm³/mol. The number of hydrogen-bond donors (Lipinski definition) is 0. The van der Waals surface area contributed by atoms with Crippen molar-refractivity contribution in [2.45, 2.75) is 44.9 Å². The van der Waals surface area contributed by atoms with Gasteiger partial charge in [-0.05, 0) is 18.9 Å². The number of methoxy groups -OCH3 is 1. The Morgan fingerprint density at radius 1 is 1.50 bits per heavy atom. The zero-order valence-electron chi connectivity index (χ0n) is 10.9. The molecule has 0 spiro atoms. The average molecular weight is 244 g/mol. The lowest BCUT2D eigenvalue weighted by Crippen LogP contribution is -2.28. The summed E-state index contributed by atoms with van der Waals surface area (Å²) in [4.78, 5) is 11.4. The minimum Gasteiger partial charge on any atom is -0.464 e. The van der Waals surface area contributed by atoms with Crippen LogP contribution in [0.1, 0.15) is 33.6 Å². The van der Waals surface area contributed by atoms with Crippen LogP contribution < -0.4 is 0 Å². The number of hydrogen-bond acceptors (Lipinski definition) is 3. The third-order valence-electron chi connectivity index (χ3n) is 2.35. The molecule has 0 aliphatic carbocycles. The summed E-state index contributed by atoms with van der Waals surface area (Å²) in [5.41, 5.74) is 1.15. The molecular formula is C12H24O3Si. The van der Waals surface area contributed by atoms with Crippen LogP contribution in [0.25, 0.3) is 0 Å². The molecule has 3 nitrogen and oxygen atoms in total. The standard InChI is InChI=1S/C12H24O3Si/c1-6-7-11(15-12(13)9(2)3)16-10(4)8-14-5/h10-11H,2,6-8,16H2,1,3-5H3. The molecule has 2 atom stereocenters. The highest BCUT2D eigenvalue weighted by Gasteiger charge is 2.17. The zero-order valence-corrected chi connectivity index (χ0v) is 12.3. The molecule has 0 aromatic rings. The van der Waals surface area contributed by atoms with E-state index >= 15 is 0 Å². The molecule has 0 N–H and O–H groups in total. The number of esters is 1. The van der Waals surface area contributed by atoms with E-state index in [4.69, 9.17) is 9.47 Å². The van der Waals surface area contributed by atoms with E-state index in [9.17, 15) is 4.79 Å². The maximum absolute atomic E-state index is 11.4. The predicted octanol–water partition coefficient (Wildman–Crippen LogP) is 1.86. The van der Waals surface area contributed by atoms with Crippen molar-refractivity contribution in [1.29, 1.82) is 0 Å². The third kappa shape index (κ3) is 6.79. The van der Waals surface area contributed by atoms with Crippen molar-refractivity contribution >= 4 is 15.5 Å². The number of ether oxygens (including phenoxy) is 2. The first-order valence-electron chi connectivity index (χ1n) is 5.86. The molecule has 0 fully saturated rings. The van der Waals surface area contributed by atoms with Gasteiger partial charge in [-0.1, -0.05) is 26.8 Å². The average Bonchev–Trinajstić information content (AvgIpc) is 2.17. The lowest BCUT2D eigenvalue weighted by molar-refractivity contribution is -0.141. The summed E-state index contributed by atoms with van der Waals surface area (Å²) in [6, 6.07) is 0. The van der Waals surface area contributed by atoms with Crippen LogP contribution >= 0.6 is 0 Å². The number of rotatable bonds is 8. The largest absolute Gasteiger partial charge is 0.464 e. The van der Waals surface area contributed by atoms with Gasteiger partial charge in [0, 0.05) is 19.3 Å². The van der Waals surface area contributed by atoms with Crippen molar-refractivity contribution in [3.63, 3.8) is 0 Å². The van der Waals surface area contributed by atoms with Crippen molar-refractivity contribution in [2.75, 3.05) is 13.7 Å². The number of carbonyl (C=O) groups is 1. The van der Waals surface area contributed by atoms with Crippen molar-refractivity contribution in [3.05, 3.63) is 12.2 Å². The van der Waals surface area contributed by atoms with Gasteiger partial charge in [-0.15, -0.1) is 0 Å². The SMILES string of the molecule is C=C(C)C(=O)OC(CCC)[SiH2]C(C)COC. The Hall–Kier alpha value is -0.613. The smallest absolute Gasteiger partial charge is 0.333 e. The fourth-order valence-corrected chi connectivity index (χ4v) is 3.76. The fraction of sp³-hybridized carbons (Fsp3) is 0.750. The van der Waals surface area contributed by atoms with Crippen molar-refractivity contribution in [2.24, 2.45) is 0 Å². The van der Waals surface area contributed by atoms with E-state index in [1.807, 2.05) is 0 Å². The minimum atomic E-state index is -0.456. The summed E-state index contributed by atoms with van der Waals surface area (Å²) in [5.74, 6) is -0.254. The molecule has 94 valence electrons. The van der Waals surface area contributed by atoms with Crippen LogP contribution in [0.4, 0.5) is 0 Å². The van der Waals surface area contributed by atoms with Crippen LogP contribution in [0.3, 0.4) is 0 Å². The Morgan fingerprint density at radius 2 is 2.12 bits per heavy atom. The van der Waals surface area contributed by atoms with Gasteiger partial charge in [0.1, 0.15) is 0 Å². The molecule has 0 bridgehead atoms. The van der Waals surface area contributed by atoms with Gasteiger partial charge < -0.3 is 9.47 Å². The normalized spacial score (nSPS) is 15.0. The molecule has 4 heteroatoms. The van der Waals surface area contributed by atoms with E-state index < -0.39 is 9.52 Å². The van der Waals surface area contributed by atoms with Gasteiger partial charge in [-0.3, -0.25) is 0 Å². The van der Waals surface area contributed by atoms with Crippen molar-refractivity contribution < 1.29 is 14.3 Å². The highest BCUT2D eigenvalue weighted by Crippen LogP contribution is 2.11. The van der Waals surface area contributed by atoms with Crippen LogP contribution in [0.5, 0.6) is 0 Å². The van der Waals surface area contributed by atoms with Gasteiger partial charge in [0.15, 0.2) is 0 Å². The van der Waals surface area contributed by atoms with E-state index in [1.165, 1.54) is 0 Å². The Balaban J connectivity index is 4.15. The molecule has 0 saturated carbocycles. The van der Waals surface area contributed by atoms with E-state index in [1.54, 1.807) is 14.0 Å². The lowest BCUT2D eigenvalue weighted by Gasteiger charge is -2.20. The Kier molecular flexibility index (Phi) is 8.20. The van der Waals surface area contributed by atoms with Crippen molar-refractivity contribution in [3.8, 4) is 0 Å². The van der Waals surface area contributed by atoms with Crippen LogP contribution in [0, 0.1) is 0 Å². The maximum atomic E-state index is 11.4. The van der Waals surface area contributed by atoms with Gasteiger partial charge in [-0.25, -0.2) is 4.79 Å². The molecule has 0 heterocycles. The second kappa shape index (κ2) is 8.53. The second-order valence-corrected chi connectivity index (χ2v) is 7.17.